The summed E-state index contributed by atoms with van der Waals surface area (Å²) in [5, 5.41) is 12.7. The Balaban J connectivity index is 1.59. The maximum absolute atomic E-state index is 12.2. The van der Waals surface area contributed by atoms with Gasteiger partial charge in [0.15, 0.2) is 11.5 Å². The molecule has 1 amide bonds. The summed E-state index contributed by atoms with van der Waals surface area (Å²) in [7, 11) is 1.60. The van der Waals surface area contributed by atoms with Gasteiger partial charge in [-0.25, -0.2) is 0 Å². The number of aliphatic carboxylic acids is 1. The number of rotatable bonds is 7. The zero-order valence-electron chi connectivity index (χ0n) is 16.4. The highest BCUT2D eigenvalue weighted by Crippen LogP contribution is 2.36. The lowest BCUT2D eigenvalue weighted by Gasteiger charge is -2.22. The number of hydrogen-bond donors (Lipinski definition) is 2. The Morgan fingerprint density at radius 3 is 2.66 bits per heavy atom. The van der Waals surface area contributed by atoms with Crippen LogP contribution in [0.3, 0.4) is 0 Å². The van der Waals surface area contributed by atoms with Gasteiger partial charge in [0.2, 0.25) is 0 Å². The van der Waals surface area contributed by atoms with E-state index in [-0.39, 0.29) is 18.4 Å². The van der Waals surface area contributed by atoms with Crippen molar-refractivity contribution in [3.63, 3.8) is 0 Å². The molecule has 0 saturated heterocycles. The molecule has 2 N–H and O–H groups in total. The highest BCUT2D eigenvalue weighted by atomic mass is 16.5. The lowest BCUT2D eigenvalue weighted by molar-refractivity contribution is -0.142. The third-order valence-corrected chi connectivity index (χ3v) is 5.83. The van der Waals surface area contributed by atoms with Crippen LogP contribution in [-0.4, -0.2) is 30.2 Å². The minimum atomic E-state index is -0.943. The van der Waals surface area contributed by atoms with E-state index < -0.39 is 17.9 Å². The second kappa shape index (κ2) is 8.15. The summed E-state index contributed by atoms with van der Waals surface area (Å²) in [5.74, 6) is -0.655. The van der Waals surface area contributed by atoms with Crippen molar-refractivity contribution in [1.29, 1.82) is 0 Å². The summed E-state index contributed by atoms with van der Waals surface area (Å²) in [5.41, 5.74) is 2.12. The summed E-state index contributed by atoms with van der Waals surface area (Å²) >= 11 is 0. The second-order valence-corrected chi connectivity index (χ2v) is 7.70. The van der Waals surface area contributed by atoms with Gasteiger partial charge in [-0.2, -0.15) is 0 Å². The van der Waals surface area contributed by atoms with E-state index in [2.05, 4.69) is 5.32 Å². The van der Waals surface area contributed by atoms with Gasteiger partial charge in [-0.1, -0.05) is 24.3 Å². The molecule has 6 nitrogen and oxygen atoms in total. The second-order valence-electron chi connectivity index (χ2n) is 7.70. The number of amides is 1. The van der Waals surface area contributed by atoms with E-state index in [1.165, 1.54) is 0 Å². The first-order chi connectivity index (χ1) is 14.1. The molecule has 29 heavy (non-hydrogen) atoms. The Kier molecular flexibility index (Phi) is 5.43. The Morgan fingerprint density at radius 1 is 1.17 bits per heavy atom. The number of carbonyl (C=O) groups excluding carboxylic acids is 1. The molecule has 1 fully saturated rings. The van der Waals surface area contributed by atoms with E-state index in [0.29, 0.717) is 17.1 Å². The van der Waals surface area contributed by atoms with Crippen molar-refractivity contribution < 1.29 is 24.2 Å². The molecule has 2 aromatic rings. The van der Waals surface area contributed by atoms with Gasteiger partial charge in [-0.15, -0.1) is 0 Å². The maximum Gasteiger partial charge on any atom is 0.309 e. The van der Waals surface area contributed by atoms with Crippen molar-refractivity contribution in [3.8, 4) is 11.5 Å². The third kappa shape index (κ3) is 3.92. The van der Waals surface area contributed by atoms with Gasteiger partial charge in [0, 0.05) is 5.56 Å². The van der Waals surface area contributed by atoms with Crippen LogP contribution >= 0.6 is 0 Å². The van der Waals surface area contributed by atoms with Gasteiger partial charge in [0.05, 0.1) is 25.2 Å². The van der Waals surface area contributed by atoms with Crippen molar-refractivity contribution in [3.05, 3.63) is 59.2 Å². The molecule has 2 aromatic carbocycles. The van der Waals surface area contributed by atoms with Crippen molar-refractivity contribution >= 4 is 11.9 Å². The van der Waals surface area contributed by atoms with Gasteiger partial charge in [0.1, 0.15) is 0 Å². The zero-order valence-corrected chi connectivity index (χ0v) is 16.4. The predicted octanol–water partition coefficient (Wildman–Crippen LogP) is 3.74. The number of ether oxygens (including phenoxy) is 2. The first-order valence-corrected chi connectivity index (χ1v) is 10.0. The number of carboxylic acids is 1. The number of methoxy groups -OCH3 is 1. The molecular formula is C23H25NO5. The molecule has 1 aliphatic heterocycles. The summed E-state index contributed by atoms with van der Waals surface area (Å²) in [4.78, 5) is 24.3. The number of carboxylic acid groups (broad SMARTS) is 1. The van der Waals surface area contributed by atoms with Gasteiger partial charge in [-0.05, 0) is 61.4 Å². The molecule has 2 unspecified atom stereocenters. The number of carbonyl (C=O) groups is 2. The zero-order chi connectivity index (χ0) is 20.4. The molecule has 1 saturated carbocycles. The average molecular weight is 395 g/mol. The van der Waals surface area contributed by atoms with E-state index in [9.17, 15) is 14.7 Å². The minimum absolute atomic E-state index is 0.176. The summed E-state index contributed by atoms with van der Waals surface area (Å²) in [6, 6.07) is 12.1. The first kappa shape index (κ1) is 19.3. The molecule has 152 valence electrons. The average Bonchev–Trinajstić information content (AvgIpc) is 3.34. The Morgan fingerprint density at radius 2 is 1.93 bits per heavy atom. The largest absolute Gasteiger partial charge is 0.493 e. The van der Waals surface area contributed by atoms with Gasteiger partial charge >= 0.3 is 5.97 Å². The van der Waals surface area contributed by atoms with E-state index in [4.69, 9.17) is 9.47 Å². The smallest absolute Gasteiger partial charge is 0.309 e. The van der Waals surface area contributed by atoms with E-state index in [1.54, 1.807) is 19.2 Å². The van der Waals surface area contributed by atoms with Crippen LogP contribution in [0.2, 0.25) is 0 Å². The number of benzene rings is 2. The van der Waals surface area contributed by atoms with Crippen LogP contribution < -0.4 is 14.8 Å². The maximum atomic E-state index is 12.2. The number of nitrogens with one attached hydrogen (secondary N) is 1. The van der Waals surface area contributed by atoms with Crippen LogP contribution in [0.15, 0.2) is 42.5 Å². The van der Waals surface area contributed by atoms with Gasteiger partial charge in [0.25, 0.3) is 5.91 Å². The van der Waals surface area contributed by atoms with Gasteiger partial charge in [-0.3, -0.25) is 9.59 Å². The molecule has 2 atom stereocenters. The first-order valence-electron chi connectivity index (χ1n) is 10.0. The quantitative estimate of drug-likeness (QED) is 0.746. The fraction of sp³-hybridized carbons (Fsp3) is 0.391. The van der Waals surface area contributed by atoms with Crippen LogP contribution in [-0.2, 0) is 11.2 Å². The molecule has 1 aliphatic carbocycles. The fourth-order valence-electron chi connectivity index (χ4n) is 4.32. The molecule has 6 heteroatoms. The Bertz CT molecular complexity index is 919. The Labute approximate surface area is 169 Å². The highest BCUT2D eigenvalue weighted by Gasteiger charge is 2.37. The SMILES string of the molecule is COc1ccc(CC(C(=O)O)C2NC(=O)c3ccccc32)cc1OC1CCCC1. The van der Waals surface area contributed by atoms with Crippen molar-refractivity contribution in [2.24, 2.45) is 5.92 Å². The molecule has 0 aromatic heterocycles. The van der Waals surface area contributed by atoms with Crippen molar-refractivity contribution in [1.82, 2.24) is 5.32 Å². The monoisotopic (exact) mass is 395 g/mol. The highest BCUT2D eigenvalue weighted by molar-refractivity contribution is 5.99. The molecule has 2 aliphatic rings. The standard InChI is InChI=1S/C23H25NO5/c1-28-19-11-10-14(13-20(19)29-15-6-2-3-7-15)12-18(23(26)27)21-16-8-4-5-9-17(16)22(25)24-21/h4-5,8-11,13,15,18,21H,2-3,6-7,12H2,1H3,(H,24,25)(H,26,27). The van der Waals surface area contributed by atoms with Gasteiger partial charge < -0.3 is 19.9 Å². The van der Waals surface area contributed by atoms with E-state index >= 15 is 0 Å². The van der Waals surface area contributed by atoms with Crippen LogP contribution in [0.4, 0.5) is 0 Å². The van der Waals surface area contributed by atoms with Crippen molar-refractivity contribution in [2.75, 3.05) is 7.11 Å². The molecule has 0 spiro atoms. The molecular weight excluding hydrogens is 370 g/mol. The van der Waals surface area contributed by atoms with Crippen LogP contribution in [0.1, 0.15) is 53.2 Å². The van der Waals surface area contributed by atoms with Crippen LogP contribution in [0.25, 0.3) is 0 Å². The lowest BCUT2D eigenvalue weighted by atomic mass is 9.88. The lowest BCUT2D eigenvalue weighted by Crippen LogP contribution is -2.32. The summed E-state index contributed by atoms with van der Waals surface area (Å²) < 4.78 is 11.6. The predicted molar refractivity (Wildman–Crippen MR) is 107 cm³/mol. The summed E-state index contributed by atoms with van der Waals surface area (Å²) in [6.07, 6.45) is 4.82. The van der Waals surface area contributed by atoms with Crippen molar-refractivity contribution in [2.45, 2.75) is 44.2 Å². The van der Waals surface area contributed by atoms with Crippen LogP contribution in [0.5, 0.6) is 11.5 Å². The fourth-order valence-corrected chi connectivity index (χ4v) is 4.32. The van der Waals surface area contributed by atoms with E-state index in [1.807, 2.05) is 30.3 Å². The summed E-state index contributed by atoms with van der Waals surface area (Å²) in [6.45, 7) is 0. The number of hydrogen-bond acceptors (Lipinski definition) is 4. The molecule has 4 rings (SSSR count). The normalized spacial score (nSPS) is 19.5. The third-order valence-electron chi connectivity index (χ3n) is 5.83. The van der Waals surface area contributed by atoms with E-state index in [0.717, 1.165) is 36.8 Å². The topological polar surface area (TPSA) is 84.9 Å². The molecule has 1 heterocycles. The molecule has 0 bridgehead atoms. The number of fused-ring (bicyclic) bond motifs is 1. The molecule has 0 radical (unpaired) electrons. The Hall–Kier alpha value is -3.02. The minimum Gasteiger partial charge on any atom is -0.493 e. The van der Waals surface area contributed by atoms with Crippen LogP contribution in [0, 0.1) is 5.92 Å².